The van der Waals surface area contributed by atoms with Gasteiger partial charge in [-0.25, -0.2) is 19.2 Å². The molecule has 0 aliphatic carbocycles. The SMILES string of the molecule is C=C(C)C(=O)O.C=C(C)C(=O)O.Cc1c(C)c(C)c(COC(N)=O)c(COC(N)=O)c1C. The highest BCUT2D eigenvalue weighted by Crippen LogP contribution is 2.28. The van der Waals surface area contributed by atoms with Crippen molar-refractivity contribution in [2.24, 2.45) is 11.5 Å². The standard InChI is InChI=1S/C14H20N2O4.2C4H6O2/c1-7-8(2)10(4)12(6-20-14(16)18)11(9(7)3)5-19-13(15)17;2*1-3(2)4(5)6/h5-6H2,1-4H3,(H2,15,17)(H2,16,18);2*1H2,2H3,(H,5,6). The lowest BCUT2D eigenvalue weighted by Gasteiger charge is -2.20. The average molecular weight is 453 g/mol. The van der Waals surface area contributed by atoms with Gasteiger partial charge in [-0.05, 0) is 74.9 Å². The van der Waals surface area contributed by atoms with Gasteiger partial charge in [0.05, 0.1) is 0 Å². The second-order valence-corrected chi connectivity index (χ2v) is 6.84. The van der Waals surface area contributed by atoms with Crippen LogP contribution in [0.2, 0.25) is 0 Å². The molecule has 1 rings (SSSR count). The zero-order valence-electron chi connectivity index (χ0n) is 19.3. The van der Waals surface area contributed by atoms with E-state index >= 15 is 0 Å². The van der Waals surface area contributed by atoms with Gasteiger partial charge < -0.3 is 31.2 Å². The first-order valence-electron chi connectivity index (χ1n) is 9.24. The largest absolute Gasteiger partial charge is 0.478 e. The predicted molar refractivity (Wildman–Crippen MR) is 119 cm³/mol. The molecule has 10 heteroatoms. The molecule has 0 bridgehead atoms. The van der Waals surface area contributed by atoms with Crippen molar-refractivity contribution in [3.63, 3.8) is 0 Å². The van der Waals surface area contributed by atoms with Crippen molar-refractivity contribution >= 4 is 24.1 Å². The maximum Gasteiger partial charge on any atom is 0.404 e. The van der Waals surface area contributed by atoms with Crippen molar-refractivity contribution in [3.05, 3.63) is 57.7 Å². The summed E-state index contributed by atoms with van der Waals surface area (Å²) >= 11 is 0. The number of carboxylic acids is 2. The van der Waals surface area contributed by atoms with Crippen LogP contribution in [0.5, 0.6) is 0 Å². The van der Waals surface area contributed by atoms with Crippen LogP contribution in [-0.4, -0.2) is 34.3 Å². The molecule has 1 aromatic rings. The minimum atomic E-state index is -0.935. The van der Waals surface area contributed by atoms with E-state index < -0.39 is 24.1 Å². The predicted octanol–water partition coefficient (Wildman–Crippen LogP) is 3.41. The normalized spacial score (nSPS) is 9.19. The van der Waals surface area contributed by atoms with Gasteiger partial charge in [0.1, 0.15) is 13.2 Å². The van der Waals surface area contributed by atoms with Crippen molar-refractivity contribution in [2.45, 2.75) is 54.8 Å². The Morgan fingerprint density at radius 2 is 0.906 bits per heavy atom. The zero-order chi connectivity index (χ0) is 25.8. The van der Waals surface area contributed by atoms with E-state index in [1.807, 2.05) is 27.7 Å². The lowest BCUT2D eigenvalue weighted by atomic mass is 9.89. The van der Waals surface area contributed by atoms with Gasteiger partial charge in [0.25, 0.3) is 0 Å². The van der Waals surface area contributed by atoms with Crippen LogP contribution in [0.15, 0.2) is 24.3 Å². The third-order valence-electron chi connectivity index (χ3n) is 4.40. The van der Waals surface area contributed by atoms with Crippen LogP contribution >= 0.6 is 0 Å². The lowest BCUT2D eigenvalue weighted by molar-refractivity contribution is -0.133. The fourth-order valence-corrected chi connectivity index (χ4v) is 2.15. The fraction of sp³-hybridized carbons (Fsp3) is 0.364. The molecular weight excluding hydrogens is 420 g/mol. The number of hydrogen-bond donors (Lipinski definition) is 4. The summed E-state index contributed by atoms with van der Waals surface area (Å²) in [6.45, 7) is 17.1. The maximum absolute atomic E-state index is 10.8. The first-order valence-corrected chi connectivity index (χ1v) is 9.24. The van der Waals surface area contributed by atoms with Crippen LogP contribution in [0.3, 0.4) is 0 Å². The Balaban J connectivity index is 0. The smallest absolute Gasteiger partial charge is 0.404 e. The minimum absolute atomic E-state index is 0.0422. The summed E-state index contributed by atoms with van der Waals surface area (Å²) in [5.74, 6) is -1.87. The molecule has 6 N–H and O–H groups in total. The number of carbonyl (C=O) groups is 4. The van der Waals surface area contributed by atoms with Crippen molar-refractivity contribution < 1.29 is 38.9 Å². The molecule has 10 nitrogen and oxygen atoms in total. The molecule has 0 radical (unpaired) electrons. The minimum Gasteiger partial charge on any atom is -0.478 e. The number of nitrogens with two attached hydrogens (primary N) is 2. The molecule has 0 spiro atoms. The van der Waals surface area contributed by atoms with Gasteiger partial charge in [-0.2, -0.15) is 0 Å². The molecule has 0 aromatic heterocycles. The second-order valence-electron chi connectivity index (χ2n) is 6.84. The molecule has 0 aliphatic heterocycles. The Labute approximate surface area is 187 Å². The van der Waals surface area contributed by atoms with Gasteiger partial charge in [0, 0.05) is 11.1 Å². The van der Waals surface area contributed by atoms with Gasteiger partial charge in [0.15, 0.2) is 0 Å². The van der Waals surface area contributed by atoms with Crippen LogP contribution in [0, 0.1) is 27.7 Å². The summed E-state index contributed by atoms with van der Waals surface area (Å²) in [4.78, 5) is 40.8. The molecule has 0 saturated carbocycles. The van der Waals surface area contributed by atoms with E-state index in [0.29, 0.717) is 0 Å². The maximum atomic E-state index is 10.8. The molecule has 0 saturated heterocycles. The molecule has 0 heterocycles. The molecule has 1 aromatic carbocycles. The van der Waals surface area contributed by atoms with E-state index in [9.17, 15) is 19.2 Å². The van der Waals surface area contributed by atoms with Gasteiger partial charge in [0.2, 0.25) is 0 Å². The van der Waals surface area contributed by atoms with Crippen LogP contribution in [0.1, 0.15) is 47.2 Å². The first-order chi connectivity index (χ1) is 14.5. The molecule has 0 aliphatic rings. The zero-order valence-corrected chi connectivity index (χ0v) is 19.3. The fourth-order valence-electron chi connectivity index (χ4n) is 2.15. The number of primary amides is 2. The van der Waals surface area contributed by atoms with Crippen molar-refractivity contribution in [1.29, 1.82) is 0 Å². The topological polar surface area (TPSA) is 179 Å². The molecule has 2 amide bonds. The summed E-state index contributed by atoms with van der Waals surface area (Å²) < 4.78 is 9.75. The highest BCUT2D eigenvalue weighted by Gasteiger charge is 2.17. The van der Waals surface area contributed by atoms with Crippen LogP contribution in [-0.2, 0) is 32.3 Å². The van der Waals surface area contributed by atoms with E-state index in [1.54, 1.807) is 0 Å². The summed E-state index contributed by atoms with van der Waals surface area (Å²) in [5, 5.41) is 15.8. The van der Waals surface area contributed by atoms with E-state index in [-0.39, 0.29) is 24.4 Å². The van der Waals surface area contributed by atoms with Gasteiger partial charge >= 0.3 is 24.1 Å². The molecular formula is C22H32N2O8. The van der Waals surface area contributed by atoms with Crippen LogP contribution in [0.4, 0.5) is 9.59 Å². The highest BCUT2D eigenvalue weighted by molar-refractivity contribution is 5.85. The molecule has 178 valence electrons. The monoisotopic (exact) mass is 452 g/mol. The lowest BCUT2D eigenvalue weighted by Crippen LogP contribution is -2.18. The van der Waals surface area contributed by atoms with Crippen molar-refractivity contribution in [1.82, 2.24) is 0 Å². The van der Waals surface area contributed by atoms with E-state index in [1.165, 1.54) is 13.8 Å². The summed E-state index contributed by atoms with van der Waals surface area (Å²) in [7, 11) is 0. The number of carbonyl (C=O) groups excluding carboxylic acids is 2. The van der Waals surface area contributed by atoms with E-state index in [4.69, 9.17) is 31.2 Å². The van der Waals surface area contributed by atoms with Gasteiger partial charge in [-0.15, -0.1) is 0 Å². The third kappa shape index (κ3) is 11.4. The number of aliphatic carboxylic acids is 2. The van der Waals surface area contributed by atoms with Crippen molar-refractivity contribution in [3.8, 4) is 0 Å². The number of carboxylic acid groups (broad SMARTS) is 2. The number of benzene rings is 1. The Morgan fingerprint density at radius 1 is 0.688 bits per heavy atom. The summed E-state index contributed by atoms with van der Waals surface area (Å²) in [6.07, 6.45) is -1.69. The summed E-state index contributed by atoms with van der Waals surface area (Å²) in [6, 6.07) is 0. The number of ether oxygens (including phenoxy) is 2. The Bertz CT molecular complexity index is 807. The number of amides is 2. The average Bonchev–Trinajstić information content (AvgIpc) is 2.67. The first kappa shape index (κ1) is 30.4. The number of rotatable bonds is 6. The summed E-state index contributed by atoms with van der Waals surface area (Å²) in [5.41, 5.74) is 16.1. The molecule has 0 unspecified atom stereocenters. The number of hydrogen-bond acceptors (Lipinski definition) is 6. The van der Waals surface area contributed by atoms with Gasteiger partial charge in [-0.3, -0.25) is 0 Å². The Hall–Kier alpha value is -3.82. The van der Waals surface area contributed by atoms with Gasteiger partial charge in [-0.1, -0.05) is 13.2 Å². The van der Waals surface area contributed by atoms with Crippen molar-refractivity contribution in [2.75, 3.05) is 0 Å². The quantitative estimate of drug-likeness (QED) is 0.474. The Morgan fingerprint density at radius 3 is 1.06 bits per heavy atom. The highest BCUT2D eigenvalue weighted by atomic mass is 16.5. The van der Waals surface area contributed by atoms with Crippen LogP contribution in [0.25, 0.3) is 0 Å². The van der Waals surface area contributed by atoms with E-state index in [2.05, 4.69) is 13.2 Å². The molecule has 32 heavy (non-hydrogen) atoms. The second kappa shape index (κ2) is 14.2. The third-order valence-corrected chi connectivity index (χ3v) is 4.40. The van der Waals surface area contributed by atoms with E-state index in [0.717, 1.165) is 33.4 Å². The molecule has 0 fully saturated rings. The molecule has 0 atom stereocenters. The Kier molecular flexibility index (Phi) is 13.5. The van der Waals surface area contributed by atoms with Crippen LogP contribution < -0.4 is 11.5 Å².